The average Bonchev–Trinajstić information content (AvgIpc) is 2.88. The number of hydrogen-bond acceptors (Lipinski definition) is 3. The Balaban J connectivity index is 1.97. The van der Waals surface area contributed by atoms with Gasteiger partial charge in [0.2, 0.25) is 5.91 Å². The third-order valence-electron chi connectivity index (χ3n) is 3.87. The first-order valence-electron chi connectivity index (χ1n) is 7.47. The smallest absolute Gasteiger partial charge is 0.346 e. The second-order valence-corrected chi connectivity index (χ2v) is 5.53. The quantitative estimate of drug-likeness (QED) is 0.872. The molecule has 0 saturated carbocycles. The van der Waals surface area contributed by atoms with Gasteiger partial charge in [0.15, 0.2) is 0 Å². The van der Waals surface area contributed by atoms with E-state index in [9.17, 15) is 18.0 Å². The van der Waals surface area contributed by atoms with Crippen molar-refractivity contribution >= 4 is 5.91 Å². The molecular formula is C14H21F3N4O. The monoisotopic (exact) mass is 318 g/mol. The molecule has 0 fully saturated rings. The molecular weight excluding hydrogens is 297 g/mol. The van der Waals surface area contributed by atoms with Crippen molar-refractivity contribution in [1.29, 1.82) is 0 Å². The summed E-state index contributed by atoms with van der Waals surface area (Å²) in [4.78, 5) is 11.7. The molecule has 2 rings (SSSR count). The highest BCUT2D eigenvalue weighted by Crippen LogP contribution is 2.29. The van der Waals surface area contributed by atoms with Gasteiger partial charge in [-0.15, -0.1) is 0 Å². The molecule has 0 spiro atoms. The maximum atomic E-state index is 12.1. The fourth-order valence-electron chi connectivity index (χ4n) is 2.78. The highest BCUT2D eigenvalue weighted by atomic mass is 19.4. The highest BCUT2D eigenvalue weighted by Gasteiger charge is 2.30. The number of nitrogens with zero attached hydrogens (tertiary/aromatic N) is 2. The fourth-order valence-corrected chi connectivity index (χ4v) is 2.78. The maximum Gasteiger partial charge on any atom is 0.405 e. The Hall–Kier alpha value is -1.57. The van der Waals surface area contributed by atoms with Gasteiger partial charge < -0.3 is 5.32 Å². The molecule has 1 aliphatic carbocycles. The van der Waals surface area contributed by atoms with Crippen LogP contribution in [0, 0.1) is 0 Å². The number of alkyl halides is 3. The van der Waals surface area contributed by atoms with Crippen molar-refractivity contribution in [2.24, 2.45) is 0 Å². The summed E-state index contributed by atoms with van der Waals surface area (Å²) in [5, 5.41) is 9.34. The van der Waals surface area contributed by atoms with Gasteiger partial charge in [-0.1, -0.05) is 0 Å². The minimum Gasteiger partial charge on any atom is -0.346 e. The second kappa shape index (κ2) is 6.68. The van der Waals surface area contributed by atoms with Crippen LogP contribution in [0.25, 0.3) is 0 Å². The van der Waals surface area contributed by atoms with Gasteiger partial charge in [-0.25, -0.2) is 0 Å². The molecule has 0 aliphatic heterocycles. The standard InChI is InChI=1S/C14H21F3N4O/c1-3-21-12-6-4-5-11(10(12)7-19-21)20-9(2)13(22)18-8-14(15,16)17/h7,9,11,20H,3-6,8H2,1-2H3,(H,18,22)/t9-,11-/m1/s1. The Morgan fingerprint density at radius 2 is 2.27 bits per heavy atom. The van der Waals surface area contributed by atoms with Crippen LogP contribution in [0.3, 0.4) is 0 Å². The number of aryl methyl sites for hydroxylation is 1. The molecule has 22 heavy (non-hydrogen) atoms. The summed E-state index contributed by atoms with van der Waals surface area (Å²) in [6.07, 6.45) is 0.147. The third kappa shape index (κ3) is 4.00. The minimum atomic E-state index is -4.39. The van der Waals surface area contributed by atoms with Crippen LogP contribution in [0.2, 0.25) is 0 Å². The molecule has 0 bridgehead atoms. The number of halogens is 3. The zero-order chi connectivity index (χ0) is 16.3. The molecule has 1 heterocycles. The lowest BCUT2D eigenvalue weighted by molar-refractivity contribution is -0.139. The lowest BCUT2D eigenvalue weighted by atomic mass is 9.92. The van der Waals surface area contributed by atoms with Crippen LogP contribution < -0.4 is 10.6 Å². The van der Waals surface area contributed by atoms with Crippen LogP contribution in [-0.4, -0.2) is 34.5 Å². The molecule has 2 N–H and O–H groups in total. The van der Waals surface area contributed by atoms with Crippen molar-refractivity contribution in [2.45, 2.75) is 57.9 Å². The third-order valence-corrected chi connectivity index (χ3v) is 3.87. The lowest BCUT2D eigenvalue weighted by Crippen LogP contribution is -2.46. The number of rotatable bonds is 5. The van der Waals surface area contributed by atoms with Gasteiger partial charge in [0.25, 0.3) is 0 Å². The molecule has 1 aromatic rings. The molecule has 0 unspecified atom stereocenters. The summed E-state index contributed by atoms with van der Waals surface area (Å²) < 4.78 is 38.3. The Morgan fingerprint density at radius 1 is 1.55 bits per heavy atom. The van der Waals surface area contributed by atoms with Gasteiger partial charge in [-0.3, -0.25) is 14.8 Å². The summed E-state index contributed by atoms with van der Waals surface area (Å²) in [6, 6.07) is -0.737. The predicted molar refractivity (Wildman–Crippen MR) is 75.2 cm³/mol. The Labute approximate surface area is 127 Å². The normalized spacial score (nSPS) is 19.6. The van der Waals surface area contributed by atoms with E-state index in [4.69, 9.17) is 0 Å². The van der Waals surface area contributed by atoms with E-state index in [1.54, 1.807) is 13.1 Å². The topological polar surface area (TPSA) is 59.0 Å². The van der Waals surface area contributed by atoms with E-state index in [-0.39, 0.29) is 6.04 Å². The summed E-state index contributed by atoms with van der Waals surface area (Å²) >= 11 is 0. The predicted octanol–water partition coefficient (Wildman–Crippen LogP) is 1.94. The fraction of sp³-hybridized carbons (Fsp3) is 0.714. The number of aromatic nitrogens is 2. The van der Waals surface area contributed by atoms with Crippen molar-refractivity contribution in [2.75, 3.05) is 6.54 Å². The van der Waals surface area contributed by atoms with E-state index in [0.29, 0.717) is 0 Å². The summed E-state index contributed by atoms with van der Waals surface area (Å²) in [7, 11) is 0. The van der Waals surface area contributed by atoms with Crippen molar-refractivity contribution in [1.82, 2.24) is 20.4 Å². The molecule has 1 aromatic heterocycles. The maximum absolute atomic E-state index is 12.1. The summed E-state index contributed by atoms with van der Waals surface area (Å²) in [5.74, 6) is -0.646. The lowest BCUT2D eigenvalue weighted by Gasteiger charge is -2.27. The van der Waals surface area contributed by atoms with Gasteiger partial charge in [-0.05, 0) is 33.1 Å². The number of amides is 1. The van der Waals surface area contributed by atoms with Crippen molar-refractivity contribution in [3.8, 4) is 0 Å². The zero-order valence-corrected chi connectivity index (χ0v) is 12.7. The van der Waals surface area contributed by atoms with Crippen LogP contribution in [-0.2, 0) is 17.8 Å². The molecule has 124 valence electrons. The first kappa shape index (κ1) is 16.8. The highest BCUT2D eigenvalue weighted by molar-refractivity contribution is 5.81. The van der Waals surface area contributed by atoms with Crippen molar-refractivity contribution in [3.63, 3.8) is 0 Å². The molecule has 0 radical (unpaired) electrons. The molecule has 5 nitrogen and oxygen atoms in total. The Bertz CT molecular complexity index is 527. The van der Waals surface area contributed by atoms with E-state index >= 15 is 0 Å². The van der Waals surface area contributed by atoms with Gasteiger partial charge >= 0.3 is 6.18 Å². The Morgan fingerprint density at radius 3 is 2.91 bits per heavy atom. The number of carbonyl (C=O) groups is 1. The van der Waals surface area contributed by atoms with Crippen LogP contribution >= 0.6 is 0 Å². The van der Waals surface area contributed by atoms with Gasteiger partial charge in [0, 0.05) is 23.8 Å². The largest absolute Gasteiger partial charge is 0.405 e. The molecule has 2 atom stereocenters. The molecule has 1 amide bonds. The SMILES string of the molecule is CCn1ncc2c1CCC[C@H]2N[C@H](C)C(=O)NCC(F)(F)F. The van der Waals surface area contributed by atoms with Crippen molar-refractivity contribution in [3.05, 3.63) is 17.5 Å². The van der Waals surface area contributed by atoms with Gasteiger partial charge in [0.05, 0.1) is 12.2 Å². The van der Waals surface area contributed by atoms with Crippen LogP contribution in [0.4, 0.5) is 13.2 Å². The molecule has 0 aromatic carbocycles. The first-order valence-corrected chi connectivity index (χ1v) is 7.47. The molecule has 8 heteroatoms. The second-order valence-electron chi connectivity index (χ2n) is 5.53. The Kier molecular flexibility index (Phi) is 5.10. The van der Waals surface area contributed by atoms with Crippen LogP contribution in [0.1, 0.15) is 44.0 Å². The van der Waals surface area contributed by atoms with E-state index in [0.717, 1.165) is 37.1 Å². The van der Waals surface area contributed by atoms with Gasteiger partial charge in [-0.2, -0.15) is 18.3 Å². The van der Waals surface area contributed by atoms with Crippen LogP contribution in [0.15, 0.2) is 6.20 Å². The van der Waals surface area contributed by atoms with E-state index in [1.165, 1.54) is 0 Å². The zero-order valence-electron chi connectivity index (χ0n) is 12.7. The molecule has 0 saturated heterocycles. The summed E-state index contributed by atoms with van der Waals surface area (Å²) in [5.41, 5.74) is 2.19. The average molecular weight is 318 g/mol. The van der Waals surface area contributed by atoms with Crippen LogP contribution in [0.5, 0.6) is 0 Å². The summed E-state index contributed by atoms with van der Waals surface area (Å²) in [6.45, 7) is 3.06. The van der Waals surface area contributed by atoms with Gasteiger partial charge in [0.1, 0.15) is 6.54 Å². The van der Waals surface area contributed by atoms with E-state index in [1.807, 2.05) is 16.9 Å². The number of carbonyl (C=O) groups excluding carboxylic acids is 1. The number of nitrogens with one attached hydrogen (secondary N) is 2. The van der Waals surface area contributed by atoms with E-state index < -0.39 is 24.7 Å². The number of fused-ring (bicyclic) bond motifs is 1. The van der Waals surface area contributed by atoms with E-state index in [2.05, 4.69) is 10.4 Å². The number of hydrogen-bond donors (Lipinski definition) is 2. The van der Waals surface area contributed by atoms with Crippen molar-refractivity contribution < 1.29 is 18.0 Å². The molecule has 1 aliphatic rings. The minimum absolute atomic E-state index is 0.0457. The first-order chi connectivity index (χ1) is 10.3.